The molecule has 1 aliphatic carbocycles. The molecule has 1 N–H and O–H groups in total. The molecule has 2 atom stereocenters. The molecule has 0 radical (unpaired) electrons. The Bertz CT molecular complexity index is 608. The van der Waals surface area contributed by atoms with Gasteiger partial charge in [0.05, 0.1) is 6.10 Å². The van der Waals surface area contributed by atoms with Crippen LogP contribution in [0.3, 0.4) is 0 Å². The number of thiophene rings is 1. The third-order valence-corrected chi connectivity index (χ3v) is 5.02. The lowest BCUT2D eigenvalue weighted by Crippen LogP contribution is -2.24. The minimum absolute atomic E-state index is 0.0349. The van der Waals surface area contributed by atoms with Gasteiger partial charge in [-0.1, -0.05) is 12.1 Å². The smallest absolute Gasteiger partial charge is 0.162 e. The van der Waals surface area contributed by atoms with E-state index >= 15 is 0 Å². The molecule has 0 bridgehead atoms. The van der Waals surface area contributed by atoms with Crippen molar-refractivity contribution in [1.82, 2.24) is 0 Å². The summed E-state index contributed by atoms with van der Waals surface area (Å²) < 4.78 is 26.9. The van der Waals surface area contributed by atoms with Crippen molar-refractivity contribution in [3.8, 4) is 0 Å². The Morgan fingerprint density at radius 3 is 3.00 bits per heavy atom. The lowest BCUT2D eigenvalue weighted by molar-refractivity contribution is 0.133. The zero-order valence-corrected chi connectivity index (χ0v) is 11.8. The molecule has 0 spiro atoms. The van der Waals surface area contributed by atoms with Crippen LogP contribution >= 0.6 is 11.3 Å². The van der Waals surface area contributed by atoms with Gasteiger partial charge in [-0.25, -0.2) is 8.78 Å². The van der Waals surface area contributed by atoms with E-state index in [-0.39, 0.29) is 17.9 Å². The summed E-state index contributed by atoms with van der Waals surface area (Å²) in [5, 5.41) is 12.5. The van der Waals surface area contributed by atoms with Gasteiger partial charge in [0, 0.05) is 17.2 Å². The highest BCUT2D eigenvalue weighted by Crippen LogP contribution is 2.37. The monoisotopic (exact) mass is 294 g/mol. The first-order valence-corrected chi connectivity index (χ1v) is 7.72. The third-order valence-electron chi connectivity index (χ3n) is 4.02. The number of hydrogen-bond donors (Lipinski definition) is 1. The number of halogens is 2. The van der Waals surface area contributed by atoms with Gasteiger partial charge in [-0.2, -0.15) is 0 Å². The van der Waals surface area contributed by atoms with E-state index < -0.39 is 17.7 Å². The molecular formula is C16H16F2OS. The predicted octanol–water partition coefficient (Wildman–Crippen LogP) is 4.05. The minimum atomic E-state index is -0.852. The summed E-state index contributed by atoms with van der Waals surface area (Å²) >= 11 is 1.71. The number of hydrogen-bond acceptors (Lipinski definition) is 2. The lowest BCUT2D eigenvalue weighted by Gasteiger charge is -2.27. The van der Waals surface area contributed by atoms with E-state index in [0.29, 0.717) is 0 Å². The first-order chi connectivity index (χ1) is 9.66. The zero-order valence-electron chi connectivity index (χ0n) is 11.0. The fraction of sp³-hybridized carbons (Fsp3) is 0.375. The molecular weight excluding hydrogens is 278 g/mol. The number of benzene rings is 1. The molecule has 3 rings (SSSR count). The zero-order chi connectivity index (χ0) is 14.1. The van der Waals surface area contributed by atoms with Crippen LogP contribution < -0.4 is 0 Å². The molecule has 2 aromatic rings. The first kappa shape index (κ1) is 13.7. The van der Waals surface area contributed by atoms with Crippen molar-refractivity contribution in [1.29, 1.82) is 0 Å². The molecule has 0 saturated heterocycles. The van der Waals surface area contributed by atoms with Gasteiger partial charge >= 0.3 is 0 Å². The summed E-state index contributed by atoms with van der Waals surface area (Å²) in [5.41, 5.74) is 1.44. The van der Waals surface area contributed by atoms with E-state index in [2.05, 4.69) is 6.07 Å². The van der Waals surface area contributed by atoms with Crippen molar-refractivity contribution in [2.24, 2.45) is 0 Å². The van der Waals surface area contributed by atoms with E-state index in [0.717, 1.165) is 25.3 Å². The molecule has 1 heterocycles. The van der Waals surface area contributed by atoms with E-state index in [9.17, 15) is 13.9 Å². The quantitative estimate of drug-likeness (QED) is 0.905. The van der Waals surface area contributed by atoms with Gasteiger partial charge in [0.25, 0.3) is 0 Å². The highest BCUT2D eigenvalue weighted by Gasteiger charge is 2.28. The molecule has 1 aromatic carbocycles. The van der Waals surface area contributed by atoms with Gasteiger partial charge in [-0.3, -0.25) is 0 Å². The van der Waals surface area contributed by atoms with Crippen molar-refractivity contribution in [3.63, 3.8) is 0 Å². The van der Waals surface area contributed by atoms with Crippen molar-refractivity contribution in [2.45, 2.75) is 37.7 Å². The molecule has 1 nitrogen and oxygen atoms in total. The van der Waals surface area contributed by atoms with Crippen molar-refractivity contribution in [3.05, 3.63) is 57.3 Å². The number of aliphatic hydroxyl groups excluding tert-OH is 1. The van der Waals surface area contributed by atoms with Crippen LogP contribution in [0.15, 0.2) is 29.6 Å². The maximum atomic E-state index is 13.7. The molecule has 4 heteroatoms. The Hall–Kier alpha value is -1.26. The van der Waals surface area contributed by atoms with Crippen LogP contribution in [0.2, 0.25) is 0 Å². The molecule has 0 saturated carbocycles. The Morgan fingerprint density at radius 1 is 1.30 bits per heavy atom. The fourth-order valence-corrected chi connectivity index (χ4v) is 3.99. The second-order valence-corrected chi connectivity index (χ2v) is 6.28. The molecule has 0 aliphatic heterocycles. The lowest BCUT2D eigenvalue weighted by atomic mass is 9.82. The summed E-state index contributed by atoms with van der Waals surface area (Å²) in [4.78, 5) is 1.32. The maximum Gasteiger partial charge on any atom is 0.162 e. The topological polar surface area (TPSA) is 20.2 Å². The fourth-order valence-electron chi connectivity index (χ4n) is 3.00. The standard InChI is InChI=1S/C16H16F2OS/c17-13-5-1-3-10(16(13)18)9-14(19)11-4-2-6-15-12(11)7-8-20-15/h1,3,5,7-8,11,14,19H,2,4,6,9H2. The molecule has 1 aliphatic rings. The van der Waals surface area contributed by atoms with Gasteiger partial charge in [-0.05, 0) is 47.9 Å². The number of rotatable bonds is 3. The van der Waals surface area contributed by atoms with Gasteiger partial charge in [0.15, 0.2) is 11.6 Å². The number of aryl methyl sites for hydroxylation is 1. The average Bonchev–Trinajstić information content (AvgIpc) is 2.92. The van der Waals surface area contributed by atoms with Gasteiger partial charge in [0.2, 0.25) is 0 Å². The highest BCUT2D eigenvalue weighted by molar-refractivity contribution is 7.10. The second-order valence-electron chi connectivity index (χ2n) is 5.28. The summed E-state index contributed by atoms with van der Waals surface area (Å²) in [7, 11) is 0. The van der Waals surface area contributed by atoms with Crippen molar-refractivity contribution in [2.75, 3.05) is 0 Å². The van der Waals surface area contributed by atoms with Crippen LogP contribution in [0.1, 0.15) is 34.8 Å². The molecule has 1 aromatic heterocycles. The van der Waals surface area contributed by atoms with Crippen molar-refractivity contribution >= 4 is 11.3 Å². The Labute approximate surface area is 120 Å². The first-order valence-electron chi connectivity index (χ1n) is 6.84. The van der Waals surface area contributed by atoms with E-state index in [1.807, 2.05) is 5.38 Å². The summed E-state index contributed by atoms with van der Waals surface area (Å²) in [6, 6.07) is 6.17. The number of fused-ring (bicyclic) bond motifs is 1. The molecule has 20 heavy (non-hydrogen) atoms. The van der Waals surface area contributed by atoms with Crippen LogP contribution in [-0.2, 0) is 12.8 Å². The van der Waals surface area contributed by atoms with Gasteiger partial charge < -0.3 is 5.11 Å². The second kappa shape index (κ2) is 5.62. The predicted molar refractivity (Wildman–Crippen MR) is 76.1 cm³/mol. The Kier molecular flexibility index (Phi) is 3.85. The van der Waals surface area contributed by atoms with Crippen LogP contribution in [-0.4, -0.2) is 11.2 Å². The number of aliphatic hydroxyl groups is 1. The maximum absolute atomic E-state index is 13.7. The van der Waals surface area contributed by atoms with Crippen LogP contribution in [0.4, 0.5) is 8.78 Å². The SMILES string of the molecule is OC(Cc1cccc(F)c1F)C1CCCc2sccc21. The normalized spacial score (nSPS) is 19.6. The van der Waals surface area contributed by atoms with Crippen molar-refractivity contribution < 1.29 is 13.9 Å². The van der Waals surface area contributed by atoms with E-state index in [1.54, 1.807) is 17.4 Å². The third kappa shape index (κ3) is 2.50. The molecule has 0 fully saturated rings. The summed E-state index contributed by atoms with van der Waals surface area (Å²) in [6.45, 7) is 0. The van der Waals surface area contributed by atoms with E-state index in [1.165, 1.54) is 16.5 Å². The molecule has 106 valence electrons. The summed E-state index contributed by atoms with van der Waals surface area (Å²) in [6.07, 6.45) is 2.50. The van der Waals surface area contributed by atoms with Crippen LogP contribution in [0, 0.1) is 11.6 Å². The molecule has 0 amide bonds. The Morgan fingerprint density at radius 2 is 2.15 bits per heavy atom. The van der Waals surface area contributed by atoms with E-state index in [4.69, 9.17) is 0 Å². The minimum Gasteiger partial charge on any atom is -0.392 e. The molecule has 2 unspecified atom stereocenters. The van der Waals surface area contributed by atoms with Crippen LogP contribution in [0.25, 0.3) is 0 Å². The highest BCUT2D eigenvalue weighted by atomic mass is 32.1. The summed E-state index contributed by atoms with van der Waals surface area (Å²) in [5.74, 6) is -1.66. The van der Waals surface area contributed by atoms with Gasteiger partial charge in [0.1, 0.15) is 0 Å². The largest absolute Gasteiger partial charge is 0.392 e. The van der Waals surface area contributed by atoms with Gasteiger partial charge in [-0.15, -0.1) is 11.3 Å². The Balaban J connectivity index is 1.81. The van der Waals surface area contributed by atoms with Crippen LogP contribution in [0.5, 0.6) is 0 Å². The average molecular weight is 294 g/mol.